The fourth-order valence-electron chi connectivity index (χ4n) is 2.40. The van der Waals surface area contributed by atoms with Gasteiger partial charge in [-0.15, -0.1) is 0 Å². The van der Waals surface area contributed by atoms with Crippen LogP contribution in [0.4, 0.5) is 5.69 Å². The summed E-state index contributed by atoms with van der Waals surface area (Å²) >= 11 is 5.90. The summed E-state index contributed by atoms with van der Waals surface area (Å²) in [5.74, 6) is 0.0261. The van der Waals surface area contributed by atoms with Crippen LogP contribution < -0.4 is 4.90 Å². The molecule has 3 rings (SSSR count). The summed E-state index contributed by atoms with van der Waals surface area (Å²) in [7, 11) is 0. The van der Waals surface area contributed by atoms with Crippen LogP contribution in [-0.2, 0) is 17.6 Å². The van der Waals surface area contributed by atoms with E-state index in [2.05, 4.69) is 11.2 Å². The molecule has 1 amide bonds. The molecule has 1 aliphatic rings. The SMILES string of the molecule is Cc1noc(Cl)c1CC(=O)N1CCc2ccccc21. The molecule has 1 aliphatic heterocycles. The van der Waals surface area contributed by atoms with Crippen molar-refractivity contribution in [1.82, 2.24) is 5.16 Å². The molecule has 0 saturated heterocycles. The van der Waals surface area contributed by atoms with E-state index in [9.17, 15) is 4.79 Å². The normalized spacial score (nSPS) is 13.7. The van der Waals surface area contributed by atoms with Gasteiger partial charge in [-0.3, -0.25) is 4.79 Å². The van der Waals surface area contributed by atoms with Crippen molar-refractivity contribution in [2.75, 3.05) is 11.4 Å². The summed E-state index contributed by atoms with van der Waals surface area (Å²) in [6, 6.07) is 7.97. The number of amides is 1. The van der Waals surface area contributed by atoms with Crippen molar-refractivity contribution in [2.45, 2.75) is 19.8 Å². The van der Waals surface area contributed by atoms with Crippen molar-refractivity contribution in [3.8, 4) is 0 Å². The highest BCUT2D eigenvalue weighted by Crippen LogP contribution is 2.29. The Morgan fingerprint density at radius 1 is 1.47 bits per heavy atom. The van der Waals surface area contributed by atoms with Crippen LogP contribution in [0.3, 0.4) is 0 Å². The highest BCUT2D eigenvalue weighted by Gasteiger charge is 2.26. The van der Waals surface area contributed by atoms with Crippen molar-refractivity contribution in [2.24, 2.45) is 0 Å². The molecule has 0 spiro atoms. The predicted octanol–water partition coefficient (Wildman–Crippen LogP) is 2.77. The van der Waals surface area contributed by atoms with E-state index < -0.39 is 0 Å². The molecular formula is C14H13ClN2O2. The summed E-state index contributed by atoms with van der Waals surface area (Å²) < 4.78 is 4.87. The Labute approximate surface area is 115 Å². The number of hydrogen-bond acceptors (Lipinski definition) is 3. The van der Waals surface area contributed by atoms with Crippen LogP contribution in [0, 0.1) is 6.92 Å². The van der Waals surface area contributed by atoms with E-state index in [1.807, 2.05) is 18.2 Å². The lowest BCUT2D eigenvalue weighted by molar-refractivity contribution is -0.117. The average Bonchev–Trinajstić information content (AvgIpc) is 2.97. The first-order chi connectivity index (χ1) is 9.16. The minimum Gasteiger partial charge on any atom is -0.344 e. The Kier molecular flexibility index (Phi) is 3.03. The number of fused-ring (bicyclic) bond motifs is 1. The smallest absolute Gasteiger partial charge is 0.231 e. The second kappa shape index (κ2) is 4.70. The number of aryl methyl sites for hydroxylation is 1. The Hall–Kier alpha value is -1.81. The van der Waals surface area contributed by atoms with E-state index in [1.165, 1.54) is 5.56 Å². The number of carbonyl (C=O) groups excluding carboxylic acids is 1. The van der Waals surface area contributed by atoms with Gasteiger partial charge in [0.2, 0.25) is 11.1 Å². The highest BCUT2D eigenvalue weighted by atomic mass is 35.5. The number of rotatable bonds is 2. The van der Waals surface area contributed by atoms with Crippen molar-refractivity contribution in [3.63, 3.8) is 0 Å². The van der Waals surface area contributed by atoms with Crippen molar-refractivity contribution in [1.29, 1.82) is 0 Å². The first-order valence-electron chi connectivity index (χ1n) is 6.15. The monoisotopic (exact) mass is 276 g/mol. The number of benzene rings is 1. The maximum atomic E-state index is 12.4. The molecule has 0 bridgehead atoms. The van der Waals surface area contributed by atoms with Crippen LogP contribution in [0.1, 0.15) is 16.8 Å². The molecule has 1 aromatic heterocycles. The zero-order valence-electron chi connectivity index (χ0n) is 10.5. The maximum absolute atomic E-state index is 12.4. The summed E-state index contributed by atoms with van der Waals surface area (Å²) in [6.07, 6.45) is 1.13. The number of halogens is 1. The number of hydrogen-bond donors (Lipinski definition) is 0. The molecule has 0 atom stereocenters. The minimum absolute atomic E-state index is 0.0261. The molecule has 19 heavy (non-hydrogen) atoms. The summed E-state index contributed by atoms with van der Waals surface area (Å²) in [5, 5.41) is 3.97. The molecule has 0 N–H and O–H groups in total. The van der Waals surface area contributed by atoms with Gasteiger partial charge in [-0.05, 0) is 36.6 Å². The molecule has 2 aromatic rings. The number of para-hydroxylation sites is 1. The summed E-state index contributed by atoms with van der Waals surface area (Å²) in [5.41, 5.74) is 3.56. The van der Waals surface area contributed by atoms with E-state index in [0.717, 1.165) is 18.7 Å². The van der Waals surface area contributed by atoms with Crippen LogP contribution in [0.15, 0.2) is 28.8 Å². The highest BCUT2D eigenvalue weighted by molar-refractivity contribution is 6.29. The molecule has 2 heterocycles. The van der Waals surface area contributed by atoms with Gasteiger partial charge in [0.05, 0.1) is 12.1 Å². The molecule has 0 saturated carbocycles. The first kappa shape index (κ1) is 12.2. The second-order valence-electron chi connectivity index (χ2n) is 4.62. The van der Waals surface area contributed by atoms with E-state index in [4.69, 9.17) is 16.1 Å². The third-order valence-electron chi connectivity index (χ3n) is 3.45. The predicted molar refractivity (Wildman–Crippen MR) is 72.5 cm³/mol. The second-order valence-corrected chi connectivity index (χ2v) is 4.96. The zero-order chi connectivity index (χ0) is 13.4. The lowest BCUT2D eigenvalue weighted by Crippen LogP contribution is -2.30. The summed E-state index contributed by atoms with van der Waals surface area (Å²) in [6.45, 7) is 2.51. The Balaban J connectivity index is 1.83. The van der Waals surface area contributed by atoms with Crippen molar-refractivity contribution >= 4 is 23.2 Å². The largest absolute Gasteiger partial charge is 0.344 e. The molecule has 5 heteroatoms. The van der Waals surface area contributed by atoms with Gasteiger partial charge in [0.1, 0.15) is 0 Å². The maximum Gasteiger partial charge on any atom is 0.231 e. The summed E-state index contributed by atoms with van der Waals surface area (Å²) in [4.78, 5) is 14.2. The Morgan fingerprint density at radius 2 is 2.26 bits per heavy atom. The van der Waals surface area contributed by atoms with Gasteiger partial charge in [-0.25, -0.2) is 0 Å². The van der Waals surface area contributed by atoms with Crippen LogP contribution in [0.25, 0.3) is 0 Å². The molecule has 1 aromatic carbocycles. The number of carbonyl (C=O) groups is 1. The van der Waals surface area contributed by atoms with Gasteiger partial charge < -0.3 is 9.42 Å². The average molecular weight is 277 g/mol. The van der Waals surface area contributed by atoms with Gasteiger partial charge in [0.25, 0.3) is 0 Å². The number of anilines is 1. The zero-order valence-corrected chi connectivity index (χ0v) is 11.3. The van der Waals surface area contributed by atoms with Gasteiger partial charge >= 0.3 is 0 Å². The van der Waals surface area contributed by atoms with E-state index >= 15 is 0 Å². The quantitative estimate of drug-likeness (QED) is 0.847. The first-order valence-corrected chi connectivity index (χ1v) is 6.53. The number of aromatic nitrogens is 1. The molecule has 4 nitrogen and oxygen atoms in total. The van der Waals surface area contributed by atoms with Gasteiger partial charge in [0, 0.05) is 17.8 Å². The number of nitrogens with zero attached hydrogens (tertiary/aromatic N) is 2. The van der Waals surface area contributed by atoms with Crippen molar-refractivity contribution in [3.05, 3.63) is 46.3 Å². The third kappa shape index (κ3) is 2.12. The van der Waals surface area contributed by atoms with Crippen LogP contribution in [-0.4, -0.2) is 17.6 Å². The van der Waals surface area contributed by atoms with Gasteiger partial charge in [-0.1, -0.05) is 23.4 Å². The van der Waals surface area contributed by atoms with E-state index in [1.54, 1.807) is 11.8 Å². The third-order valence-corrected chi connectivity index (χ3v) is 3.75. The molecule has 0 unspecified atom stereocenters. The van der Waals surface area contributed by atoms with E-state index in [0.29, 0.717) is 11.3 Å². The molecule has 0 radical (unpaired) electrons. The molecular weight excluding hydrogens is 264 g/mol. The molecule has 0 fully saturated rings. The van der Waals surface area contributed by atoms with Gasteiger partial charge in [-0.2, -0.15) is 0 Å². The molecule has 0 aliphatic carbocycles. The van der Waals surface area contributed by atoms with E-state index in [-0.39, 0.29) is 17.5 Å². The topological polar surface area (TPSA) is 46.3 Å². The Morgan fingerprint density at radius 3 is 3.00 bits per heavy atom. The van der Waals surface area contributed by atoms with Crippen LogP contribution >= 0.6 is 11.6 Å². The minimum atomic E-state index is 0.0261. The fourth-order valence-corrected chi connectivity index (χ4v) is 2.64. The van der Waals surface area contributed by atoms with Gasteiger partial charge in [0.15, 0.2) is 0 Å². The Bertz CT molecular complexity index is 617. The lowest BCUT2D eigenvalue weighted by atomic mass is 10.1. The fraction of sp³-hybridized carbons (Fsp3) is 0.286. The standard InChI is InChI=1S/C14H13ClN2O2/c1-9-11(14(15)19-16-9)8-13(18)17-7-6-10-4-2-3-5-12(10)17/h2-5H,6-8H2,1H3. The van der Waals surface area contributed by atoms with Crippen LogP contribution in [0.2, 0.25) is 5.22 Å². The van der Waals surface area contributed by atoms with Crippen LogP contribution in [0.5, 0.6) is 0 Å². The van der Waals surface area contributed by atoms with Crippen molar-refractivity contribution < 1.29 is 9.32 Å². The lowest BCUT2D eigenvalue weighted by Gasteiger charge is -2.16. The molecule has 98 valence electrons.